The largest absolute Gasteiger partial charge is 0.435 e. The van der Waals surface area contributed by atoms with Crippen LogP contribution in [0.25, 0.3) is 22.3 Å². The Morgan fingerprint density at radius 2 is 1.50 bits per heavy atom. The number of alkyl halides is 6. The lowest BCUT2D eigenvalue weighted by Gasteiger charge is -2.17. The van der Waals surface area contributed by atoms with E-state index in [1.54, 1.807) is 24.3 Å². The van der Waals surface area contributed by atoms with E-state index in [9.17, 15) is 26.3 Å². The lowest BCUT2D eigenvalue weighted by Crippen LogP contribution is -2.22. The van der Waals surface area contributed by atoms with Crippen molar-refractivity contribution in [3.8, 4) is 22.3 Å². The first-order valence-corrected chi connectivity index (χ1v) is 10.8. The summed E-state index contributed by atoms with van der Waals surface area (Å²) in [6, 6.07) is 10.8. The summed E-state index contributed by atoms with van der Waals surface area (Å²) < 4.78 is 82.1. The van der Waals surface area contributed by atoms with Crippen molar-refractivity contribution in [3.05, 3.63) is 88.8 Å². The number of pyridine rings is 1. The molecule has 0 radical (unpaired) electrons. The highest BCUT2D eigenvalue weighted by Crippen LogP contribution is 2.42. The van der Waals surface area contributed by atoms with Crippen LogP contribution in [0.2, 0.25) is 5.02 Å². The Bertz CT molecular complexity index is 1360. The van der Waals surface area contributed by atoms with E-state index < -0.39 is 29.7 Å². The fourth-order valence-electron chi connectivity index (χ4n) is 3.87. The number of nitrogens with two attached hydrogens (primary N) is 2. The van der Waals surface area contributed by atoms with Gasteiger partial charge in [0, 0.05) is 35.1 Å². The number of halogens is 7. The zero-order valence-corrected chi connectivity index (χ0v) is 19.0. The maximum Gasteiger partial charge on any atom is 0.435 e. The average Bonchev–Trinajstić information content (AvgIpc) is 3.26. The minimum atomic E-state index is -4.85. The van der Waals surface area contributed by atoms with Crippen molar-refractivity contribution in [2.75, 3.05) is 12.3 Å². The molecule has 4 aromatic rings. The molecule has 5 nitrogen and oxygen atoms in total. The van der Waals surface area contributed by atoms with Crippen LogP contribution in [0, 0.1) is 0 Å². The predicted octanol–water partition coefficient (Wildman–Crippen LogP) is 6.43. The van der Waals surface area contributed by atoms with Gasteiger partial charge in [-0.25, -0.2) is 4.98 Å². The topological polar surface area (TPSA) is 82.8 Å². The van der Waals surface area contributed by atoms with Crippen LogP contribution in [0.5, 0.6) is 0 Å². The molecule has 0 bridgehead atoms. The molecule has 0 saturated heterocycles. The Morgan fingerprint density at radius 3 is 2.06 bits per heavy atom. The monoisotopic (exact) mass is 525 g/mol. The molecule has 1 unspecified atom stereocenters. The van der Waals surface area contributed by atoms with Crippen LogP contribution >= 0.6 is 11.6 Å². The summed E-state index contributed by atoms with van der Waals surface area (Å²) >= 11 is 5.94. The smallest absolute Gasteiger partial charge is 0.383 e. The summed E-state index contributed by atoms with van der Waals surface area (Å²) in [7, 11) is 0. The molecule has 2 aromatic carbocycles. The van der Waals surface area contributed by atoms with Gasteiger partial charge in [0.2, 0.25) is 0 Å². The van der Waals surface area contributed by atoms with Crippen LogP contribution in [0.4, 0.5) is 32.2 Å². The van der Waals surface area contributed by atoms with E-state index in [4.69, 9.17) is 23.1 Å². The summed E-state index contributed by atoms with van der Waals surface area (Å²) in [4.78, 5) is 4.01. The average molecular weight is 526 g/mol. The molecular weight excluding hydrogens is 508 g/mol. The van der Waals surface area contributed by atoms with Gasteiger partial charge in [0.05, 0.1) is 11.6 Å². The number of anilines is 1. The molecule has 2 heterocycles. The molecule has 0 saturated carbocycles. The fourth-order valence-corrected chi connectivity index (χ4v) is 4.00. The Labute approximate surface area is 206 Å². The van der Waals surface area contributed by atoms with Gasteiger partial charge in [0.25, 0.3) is 0 Å². The predicted molar refractivity (Wildman–Crippen MR) is 124 cm³/mol. The number of hydrogen-bond acceptors (Lipinski definition) is 4. The second kappa shape index (κ2) is 9.47. The molecule has 0 aliphatic heterocycles. The van der Waals surface area contributed by atoms with Crippen molar-refractivity contribution in [2.24, 2.45) is 5.73 Å². The van der Waals surface area contributed by atoms with E-state index in [0.29, 0.717) is 10.6 Å². The van der Waals surface area contributed by atoms with Crippen molar-refractivity contribution in [2.45, 2.75) is 18.4 Å². The summed E-state index contributed by atoms with van der Waals surface area (Å²) in [5.74, 6) is -0.00573. The molecule has 0 amide bonds. The van der Waals surface area contributed by atoms with E-state index in [2.05, 4.69) is 10.1 Å². The van der Waals surface area contributed by atoms with Crippen LogP contribution < -0.4 is 11.5 Å². The number of hydrogen-bond donors (Lipinski definition) is 2. The molecule has 0 aliphatic rings. The number of nitrogens with zero attached hydrogens (tertiary/aromatic N) is 3. The minimum Gasteiger partial charge on any atom is -0.383 e. The lowest BCUT2D eigenvalue weighted by molar-refractivity contribution is -0.141. The molecule has 4 rings (SSSR count). The van der Waals surface area contributed by atoms with E-state index in [1.165, 1.54) is 24.4 Å². The quantitative estimate of drug-likeness (QED) is 0.294. The van der Waals surface area contributed by atoms with Gasteiger partial charge in [0.15, 0.2) is 5.69 Å². The van der Waals surface area contributed by atoms with Gasteiger partial charge in [0.1, 0.15) is 5.82 Å². The zero-order chi connectivity index (χ0) is 26.3. The molecule has 12 heteroatoms. The van der Waals surface area contributed by atoms with Crippen molar-refractivity contribution in [1.82, 2.24) is 14.8 Å². The third-order valence-corrected chi connectivity index (χ3v) is 5.82. The Morgan fingerprint density at radius 1 is 0.861 bits per heavy atom. The highest BCUT2D eigenvalue weighted by atomic mass is 35.5. The second-order valence-electron chi connectivity index (χ2n) is 7.87. The number of rotatable bonds is 5. The van der Waals surface area contributed by atoms with Crippen molar-refractivity contribution in [1.29, 1.82) is 0 Å². The first-order chi connectivity index (χ1) is 16.9. The standard InChI is InChI=1S/C24H18ClF6N5/c25-16-7-3-14(4-8-16)20-17(9-10-34-22(20)33)18-12-36(35-21(18)24(29,30)31)19(11-32)13-1-5-15(6-2-13)23(26,27)28/h1-10,12,19H,11,32H2,(H2,33,34). The summed E-state index contributed by atoms with van der Waals surface area (Å²) in [6.07, 6.45) is -6.97. The van der Waals surface area contributed by atoms with Crippen molar-refractivity contribution < 1.29 is 26.3 Å². The van der Waals surface area contributed by atoms with Crippen LogP contribution in [0.1, 0.15) is 22.9 Å². The van der Waals surface area contributed by atoms with Gasteiger partial charge in [-0.05, 0) is 47.0 Å². The molecule has 2 aromatic heterocycles. The highest BCUT2D eigenvalue weighted by Gasteiger charge is 2.39. The fraction of sp³-hybridized carbons (Fsp3) is 0.167. The van der Waals surface area contributed by atoms with Gasteiger partial charge < -0.3 is 11.5 Å². The maximum absolute atomic E-state index is 14.1. The van der Waals surface area contributed by atoms with Crippen LogP contribution in [0.15, 0.2) is 67.0 Å². The van der Waals surface area contributed by atoms with Crippen molar-refractivity contribution in [3.63, 3.8) is 0 Å². The number of nitrogen functional groups attached to an aromatic ring is 1. The van der Waals surface area contributed by atoms with Crippen LogP contribution in [0.3, 0.4) is 0 Å². The van der Waals surface area contributed by atoms with Gasteiger partial charge >= 0.3 is 12.4 Å². The van der Waals surface area contributed by atoms with Crippen molar-refractivity contribution >= 4 is 17.4 Å². The SMILES string of the molecule is NCC(c1ccc(C(F)(F)F)cc1)n1cc(-c2ccnc(N)c2-c2ccc(Cl)cc2)c(C(F)(F)F)n1. The summed E-state index contributed by atoms with van der Waals surface area (Å²) in [6.45, 7) is -0.216. The van der Waals surface area contributed by atoms with E-state index >= 15 is 0 Å². The van der Waals surface area contributed by atoms with Gasteiger partial charge in [-0.3, -0.25) is 4.68 Å². The third kappa shape index (κ3) is 5.02. The van der Waals surface area contributed by atoms with E-state index in [1.807, 2.05) is 0 Å². The van der Waals surface area contributed by atoms with Gasteiger partial charge in [-0.15, -0.1) is 0 Å². The molecule has 0 spiro atoms. The molecule has 4 N–H and O–H groups in total. The molecule has 0 fully saturated rings. The molecule has 36 heavy (non-hydrogen) atoms. The zero-order valence-electron chi connectivity index (χ0n) is 18.3. The van der Waals surface area contributed by atoms with E-state index in [0.717, 1.165) is 23.0 Å². The van der Waals surface area contributed by atoms with E-state index in [-0.39, 0.29) is 34.6 Å². The molecule has 1 atom stereocenters. The Hall–Kier alpha value is -3.57. The first-order valence-electron chi connectivity index (χ1n) is 10.4. The highest BCUT2D eigenvalue weighted by molar-refractivity contribution is 6.30. The number of aromatic nitrogens is 3. The first kappa shape index (κ1) is 25.5. The molecular formula is C24H18ClF6N5. The maximum atomic E-state index is 14.1. The normalized spacial score (nSPS) is 13.1. The minimum absolute atomic E-state index is 0.00573. The lowest BCUT2D eigenvalue weighted by atomic mass is 9.95. The van der Waals surface area contributed by atoms with Gasteiger partial charge in [-0.1, -0.05) is 35.9 Å². The Balaban J connectivity index is 1.87. The third-order valence-electron chi connectivity index (χ3n) is 5.57. The molecule has 0 aliphatic carbocycles. The second-order valence-corrected chi connectivity index (χ2v) is 8.30. The van der Waals surface area contributed by atoms with Crippen LogP contribution in [-0.4, -0.2) is 21.3 Å². The summed E-state index contributed by atoms with van der Waals surface area (Å²) in [5, 5.41) is 4.19. The molecule has 188 valence electrons. The Kier molecular flexibility index (Phi) is 6.72. The summed E-state index contributed by atoms with van der Waals surface area (Å²) in [5.41, 5.74) is 10.6. The van der Waals surface area contributed by atoms with Crippen LogP contribution in [-0.2, 0) is 12.4 Å². The number of benzene rings is 2. The van der Waals surface area contributed by atoms with Gasteiger partial charge in [-0.2, -0.15) is 31.4 Å².